The molecular formula is C13H16F3NO. The fraction of sp³-hybridized carbons (Fsp3) is 0.538. The highest BCUT2D eigenvalue weighted by molar-refractivity contribution is 5.29. The van der Waals surface area contributed by atoms with Crippen molar-refractivity contribution in [1.29, 1.82) is 0 Å². The smallest absolute Gasteiger partial charge is 0.376 e. The van der Waals surface area contributed by atoms with Crippen LogP contribution in [0.25, 0.3) is 0 Å². The summed E-state index contributed by atoms with van der Waals surface area (Å²) in [5, 5.41) is 0. The Bertz CT molecular complexity index is 405. The monoisotopic (exact) mass is 259 g/mol. The lowest BCUT2D eigenvalue weighted by Crippen LogP contribution is -2.40. The van der Waals surface area contributed by atoms with E-state index in [9.17, 15) is 13.2 Å². The van der Waals surface area contributed by atoms with E-state index in [1.54, 1.807) is 12.1 Å². The van der Waals surface area contributed by atoms with Crippen LogP contribution in [-0.2, 0) is 17.5 Å². The molecular weight excluding hydrogens is 243 g/mol. The SMILES string of the molecule is CC1CN(Cc2ccccc2C(F)(F)F)CCO1. The zero-order valence-corrected chi connectivity index (χ0v) is 10.2. The lowest BCUT2D eigenvalue weighted by atomic mass is 10.1. The number of rotatable bonds is 2. The molecule has 1 atom stereocenters. The van der Waals surface area contributed by atoms with Gasteiger partial charge in [0, 0.05) is 19.6 Å². The lowest BCUT2D eigenvalue weighted by Gasteiger charge is -2.31. The van der Waals surface area contributed by atoms with Gasteiger partial charge in [0.1, 0.15) is 0 Å². The van der Waals surface area contributed by atoms with Crippen molar-refractivity contribution < 1.29 is 17.9 Å². The van der Waals surface area contributed by atoms with Crippen LogP contribution in [0.3, 0.4) is 0 Å². The van der Waals surface area contributed by atoms with E-state index in [4.69, 9.17) is 4.74 Å². The molecule has 1 fully saturated rings. The van der Waals surface area contributed by atoms with Gasteiger partial charge in [0.15, 0.2) is 0 Å². The van der Waals surface area contributed by atoms with Gasteiger partial charge in [-0.2, -0.15) is 13.2 Å². The van der Waals surface area contributed by atoms with Crippen molar-refractivity contribution in [2.24, 2.45) is 0 Å². The van der Waals surface area contributed by atoms with E-state index >= 15 is 0 Å². The van der Waals surface area contributed by atoms with Crippen molar-refractivity contribution in [3.63, 3.8) is 0 Å². The van der Waals surface area contributed by atoms with Crippen molar-refractivity contribution in [3.05, 3.63) is 35.4 Å². The molecule has 18 heavy (non-hydrogen) atoms. The van der Waals surface area contributed by atoms with Gasteiger partial charge in [-0.15, -0.1) is 0 Å². The van der Waals surface area contributed by atoms with E-state index in [2.05, 4.69) is 0 Å². The van der Waals surface area contributed by atoms with Crippen LogP contribution in [0.5, 0.6) is 0 Å². The van der Waals surface area contributed by atoms with Crippen LogP contribution in [0.2, 0.25) is 0 Å². The second-order valence-corrected chi connectivity index (χ2v) is 4.57. The molecule has 2 rings (SSSR count). The standard InChI is InChI=1S/C13H16F3NO/c1-10-8-17(6-7-18-10)9-11-4-2-3-5-12(11)13(14,15)16/h2-5,10H,6-9H2,1H3. The van der Waals surface area contributed by atoms with Crippen molar-refractivity contribution in [1.82, 2.24) is 4.90 Å². The molecule has 0 bridgehead atoms. The van der Waals surface area contributed by atoms with Gasteiger partial charge in [-0.25, -0.2) is 0 Å². The highest BCUT2D eigenvalue weighted by Crippen LogP contribution is 2.32. The van der Waals surface area contributed by atoms with Crippen LogP contribution in [-0.4, -0.2) is 30.7 Å². The first-order valence-electron chi connectivity index (χ1n) is 5.96. The average Bonchev–Trinajstić information content (AvgIpc) is 2.28. The van der Waals surface area contributed by atoms with E-state index in [1.165, 1.54) is 6.07 Å². The molecule has 0 spiro atoms. The molecule has 0 aliphatic carbocycles. The van der Waals surface area contributed by atoms with Gasteiger partial charge in [-0.1, -0.05) is 18.2 Å². The molecule has 0 amide bonds. The quantitative estimate of drug-likeness (QED) is 0.809. The topological polar surface area (TPSA) is 12.5 Å². The van der Waals surface area contributed by atoms with Crippen molar-refractivity contribution >= 4 is 0 Å². The van der Waals surface area contributed by atoms with E-state index in [1.807, 2.05) is 11.8 Å². The number of nitrogens with zero attached hydrogens (tertiary/aromatic N) is 1. The summed E-state index contributed by atoms with van der Waals surface area (Å²) in [6.07, 6.45) is -4.20. The van der Waals surface area contributed by atoms with Gasteiger partial charge in [0.2, 0.25) is 0 Å². The number of morpholine rings is 1. The third-order valence-corrected chi connectivity index (χ3v) is 3.04. The van der Waals surface area contributed by atoms with E-state index in [0.29, 0.717) is 31.8 Å². The number of ether oxygens (including phenoxy) is 1. The third-order valence-electron chi connectivity index (χ3n) is 3.04. The Morgan fingerprint density at radius 2 is 2.06 bits per heavy atom. The summed E-state index contributed by atoms with van der Waals surface area (Å²) in [7, 11) is 0. The first kappa shape index (κ1) is 13.4. The lowest BCUT2D eigenvalue weighted by molar-refractivity contribution is -0.138. The first-order chi connectivity index (χ1) is 8.47. The van der Waals surface area contributed by atoms with Crippen LogP contribution < -0.4 is 0 Å². The van der Waals surface area contributed by atoms with E-state index in [-0.39, 0.29) is 6.10 Å². The van der Waals surface area contributed by atoms with Crippen LogP contribution in [0.15, 0.2) is 24.3 Å². The second-order valence-electron chi connectivity index (χ2n) is 4.57. The predicted molar refractivity (Wildman–Crippen MR) is 62.1 cm³/mol. The van der Waals surface area contributed by atoms with Gasteiger partial charge in [-0.3, -0.25) is 4.90 Å². The minimum atomic E-state index is -4.28. The highest BCUT2D eigenvalue weighted by Gasteiger charge is 2.33. The molecule has 0 aromatic heterocycles. The molecule has 1 aromatic rings. The second kappa shape index (κ2) is 5.28. The normalized spacial score (nSPS) is 22.1. The number of benzene rings is 1. The molecule has 100 valence electrons. The minimum Gasteiger partial charge on any atom is -0.376 e. The molecule has 0 radical (unpaired) electrons. The Labute approximate surface area is 104 Å². The number of halogens is 3. The highest BCUT2D eigenvalue weighted by atomic mass is 19.4. The fourth-order valence-corrected chi connectivity index (χ4v) is 2.21. The molecule has 0 saturated carbocycles. The Hall–Kier alpha value is -1.07. The van der Waals surface area contributed by atoms with Gasteiger partial charge < -0.3 is 4.74 Å². The van der Waals surface area contributed by atoms with Crippen LogP contribution in [0.1, 0.15) is 18.1 Å². The summed E-state index contributed by atoms with van der Waals surface area (Å²) in [4.78, 5) is 2.00. The average molecular weight is 259 g/mol. The number of alkyl halides is 3. The third kappa shape index (κ3) is 3.23. The summed E-state index contributed by atoms with van der Waals surface area (Å²) in [6.45, 7) is 4.18. The molecule has 1 saturated heterocycles. The first-order valence-corrected chi connectivity index (χ1v) is 5.96. The van der Waals surface area contributed by atoms with Gasteiger partial charge in [0.05, 0.1) is 18.3 Å². The number of hydrogen-bond acceptors (Lipinski definition) is 2. The molecule has 1 unspecified atom stereocenters. The molecule has 1 aliphatic rings. The molecule has 2 nitrogen and oxygen atoms in total. The maximum atomic E-state index is 12.8. The van der Waals surface area contributed by atoms with Crippen LogP contribution in [0, 0.1) is 0 Å². The van der Waals surface area contributed by atoms with Crippen molar-refractivity contribution in [2.45, 2.75) is 25.7 Å². The summed E-state index contributed by atoms with van der Waals surface area (Å²) in [5.41, 5.74) is -0.205. The molecule has 1 heterocycles. The Morgan fingerprint density at radius 1 is 1.33 bits per heavy atom. The Balaban J connectivity index is 2.13. The van der Waals surface area contributed by atoms with Crippen LogP contribution >= 0.6 is 0 Å². The Kier molecular flexibility index (Phi) is 3.92. The van der Waals surface area contributed by atoms with Crippen LogP contribution in [0.4, 0.5) is 13.2 Å². The zero-order valence-electron chi connectivity index (χ0n) is 10.2. The maximum absolute atomic E-state index is 12.8. The molecule has 0 N–H and O–H groups in total. The van der Waals surface area contributed by atoms with Crippen molar-refractivity contribution in [2.75, 3.05) is 19.7 Å². The maximum Gasteiger partial charge on any atom is 0.416 e. The molecule has 1 aromatic carbocycles. The fourth-order valence-electron chi connectivity index (χ4n) is 2.21. The van der Waals surface area contributed by atoms with Gasteiger partial charge in [-0.05, 0) is 18.6 Å². The van der Waals surface area contributed by atoms with E-state index in [0.717, 1.165) is 6.07 Å². The molecule has 5 heteroatoms. The zero-order chi connectivity index (χ0) is 13.2. The van der Waals surface area contributed by atoms with Crippen molar-refractivity contribution in [3.8, 4) is 0 Å². The minimum absolute atomic E-state index is 0.0804. The van der Waals surface area contributed by atoms with Gasteiger partial charge in [0.25, 0.3) is 0 Å². The van der Waals surface area contributed by atoms with E-state index < -0.39 is 11.7 Å². The van der Waals surface area contributed by atoms with Gasteiger partial charge >= 0.3 is 6.18 Å². The largest absolute Gasteiger partial charge is 0.416 e. The summed E-state index contributed by atoms with van der Waals surface area (Å²) in [6, 6.07) is 5.75. The molecule has 1 aliphatic heterocycles. The summed E-state index contributed by atoms with van der Waals surface area (Å²) in [5.74, 6) is 0. The predicted octanol–water partition coefficient (Wildman–Crippen LogP) is 2.93. The number of hydrogen-bond donors (Lipinski definition) is 0. The Morgan fingerprint density at radius 3 is 2.72 bits per heavy atom. The summed E-state index contributed by atoms with van der Waals surface area (Å²) >= 11 is 0. The summed E-state index contributed by atoms with van der Waals surface area (Å²) < 4.78 is 43.9.